The van der Waals surface area contributed by atoms with E-state index in [4.69, 9.17) is 12.2 Å². The van der Waals surface area contributed by atoms with Crippen LogP contribution in [0.15, 0.2) is 30.3 Å². The summed E-state index contributed by atoms with van der Waals surface area (Å²) >= 11 is 9.20. The molecule has 3 heteroatoms. The van der Waals surface area contributed by atoms with Crippen LogP contribution < -0.4 is 5.32 Å². The molecule has 1 aromatic rings. The van der Waals surface area contributed by atoms with Crippen LogP contribution in [-0.2, 0) is 5.54 Å². The number of rotatable bonds is 4. The zero-order valence-corrected chi connectivity index (χ0v) is 10.9. The Morgan fingerprint density at radius 3 is 2.20 bits per heavy atom. The van der Waals surface area contributed by atoms with E-state index in [1.54, 1.807) is 0 Å². The van der Waals surface area contributed by atoms with E-state index in [9.17, 15) is 0 Å². The topological polar surface area (TPSA) is 12.0 Å². The maximum atomic E-state index is 5.03. The van der Waals surface area contributed by atoms with Gasteiger partial charge >= 0.3 is 0 Å². The van der Waals surface area contributed by atoms with E-state index in [1.165, 1.54) is 5.56 Å². The Kier molecular flexibility index (Phi) is 4.61. The summed E-state index contributed by atoms with van der Waals surface area (Å²) in [5.74, 6) is 0. The molecule has 1 rings (SSSR count). The van der Waals surface area contributed by atoms with Crippen molar-refractivity contribution >= 4 is 29.2 Å². The van der Waals surface area contributed by atoms with Gasteiger partial charge in [-0.05, 0) is 18.4 Å². The van der Waals surface area contributed by atoms with Crippen LogP contribution >= 0.6 is 24.8 Å². The molecule has 1 aromatic carbocycles. The molecule has 0 aromatic heterocycles. The zero-order chi connectivity index (χ0) is 11.3. The van der Waals surface area contributed by atoms with Crippen LogP contribution in [0.3, 0.4) is 0 Å². The van der Waals surface area contributed by atoms with Gasteiger partial charge in [-0.1, -0.05) is 56.4 Å². The minimum absolute atomic E-state index is 0.0694. The fraction of sp³-hybridized carbons (Fsp3) is 0.417. The van der Waals surface area contributed by atoms with E-state index in [2.05, 4.69) is 56.1 Å². The third-order valence-corrected chi connectivity index (χ3v) is 3.09. The molecule has 0 spiro atoms. The Morgan fingerprint density at radius 1 is 1.27 bits per heavy atom. The molecule has 0 amide bonds. The molecule has 0 bridgehead atoms. The highest BCUT2D eigenvalue weighted by atomic mass is 32.1. The molecule has 1 nitrogen and oxygen atoms in total. The van der Waals surface area contributed by atoms with E-state index >= 15 is 0 Å². The van der Waals surface area contributed by atoms with Crippen molar-refractivity contribution in [3.05, 3.63) is 35.9 Å². The predicted molar refractivity (Wildman–Crippen MR) is 73.4 cm³/mol. The quantitative estimate of drug-likeness (QED) is 0.616. The number of benzene rings is 1. The number of thiocarbonyl (C=S) groups is 1. The van der Waals surface area contributed by atoms with Gasteiger partial charge in [0, 0.05) is 0 Å². The summed E-state index contributed by atoms with van der Waals surface area (Å²) in [7, 11) is 0. The molecule has 0 saturated heterocycles. The summed E-state index contributed by atoms with van der Waals surface area (Å²) in [5, 5.41) is 3.30. The van der Waals surface area contributed by atoms with E-state index in [0.717, 1.165) is 12.8 Å². The van der Waals surface area contributed by atoms with Gasteiger partial charge in [0.2, 0.25) is 0 Å². The summed E-state index contributed by atoms with van der Waals surface area (Å²) in [4.78, 5) is 0. The van der Waals surface area contributed by atoms with E-state index in [1.807, 2.05) is 6.07 Å². The molecule has 0 fully saturated rings. The lowest BCUT2D eigenvalue weighted by Crippen LogP contribution is -2.42. The number of hydrogen-bond donors (Lipinski definition) is 2. The molecule has 0 radical (unpaired) electrons. The van der Waals surface area contributed by atoms with Crippen LogP contribution in [0.2, 0.25) is 0 Å². The van der Waals surface area contributed by atoms with Gasteiger partial charge in [-0.25, -0.2) is 0 Å². The van der Waals surface area contributed by atoms with Crippen LogP contribution in [0.1, 0.15) is 32.3 Å². The van der Waals surface area contributed by atoms with Gasteiger partial charge in [0.05, 0.1) is 5.54 Å². The zero-order valence-electron chi connectivity index (χ0n) is 9.16. The second-order valence-electron chi connectivity index (χ2n) is 3.59. The number of hydrogen-bond acceptors (Lipinski definition) is 1. The lowest BCUT2D eigenvalue weighted by molar-refractivity contribution is 0.368. The standard InChI is InChI=1S/C12H17NS2/c1-3-12(4-2,13-11(14)15)10-8-6-5-7-9-10/h5-9H,3-4H2,1-2H3,(H2,13,14,15). The average Bonchev–Trinajstić information content (AvgIpc) is 2.27. The molecule has 1 N–H and O–H groups in total. The van der Waals surface area contributed by atoms with Crippen molar-refractivity contribution in [3.63, 3.8) is 0 Å². The lowest BCUT2D eigenvalue weighted by Gasteiger charge is -2.33. The summed E-state index contributed by atoms with van der Waals surface area (Å²) in [6.45, 7) is 4.32. The van der Waals surface area contributed by atoms with Crippen LogP contribution in [-0.4, -0.2) is 4.32 Å². The molecule has 0 heterocycles. The molecule has 0 saturated carbocycles. The smallest absolute Gasteiger partial charge is 0.131 e. The van der Waals surface area contributed by atoms with Crippen molar-refractivity contribution in [2.75, 3.05) is 0 Å². The van der Waals surface area contributed by atoms with Gasteiger partial charge in [0.25, 0.3) is 0 Å². The minimum Gasteiger partial charge on any atom is -0.362 e. The molecule has 0 aliphatic heterocycles. The third-order valence-electron chi connectivity index (χ3n) is 2.88. The van der Waals surface area contributed by atoms with E-state index in [-0.39, 0.29) is 5.54 Å². The van der Waals surface area contributed by atoms with Crippen LogP contribution in [0.25, 0.3) is 0 Å². The molecule has 15 heavy (non-hydrogen) atoms. The molecule has 0 aliphatic carbocycles. The second-order valence-corrected chi connectivity index (χ2v) is 4.74. The molecular formula is C12H17NS2. The molecule has 0 aliphatic rings. The fourth-order valence-corrected chi connectivity index (χ4v) is 2.28. The Balaban J connectivity index is 3.05. The predicted octanol–water partition coefficient (Wildman–Crippen LogP) is 3.51. The SMILES string of the molecule is CCC(CC)(NC(=S)S)c1ccccc1. The first kappa shape index (κ1) is 12.5. The molecule has 82 valence electrons. The summed E-state index contributed by atoms with van der Waals surface area (Å²) in [6, 6.07) is 10.4. The highest BCUT2D eigenvalue weighted by Gasteiger charge is 2.27. The first-order valence-corrected chi connectivity index (χ1v) is 6.07. The largest absolute Gasteiger partial charge is 0.362 e. The summed E-state index contributed by atoms with van der Waals surface area (Å²) in [6.07, 6.45) is 1.99. The van der Waals surface area contributed by atoms with Gasteiger partial charge in [0.15, 0.2) is 0 Å². The lowest BCUT2D eigenvalue weighted by atomic mass is 9.85. The van der Waals surface area contributed by atoms with Crippen LogP contribution in [0.4, 0.5) is 0 Å². The number of nitrogens with one attached hydrogen (secondary N) is 1. The maximum Gasteiger partial charge on any atom is 0.131 e. The Bertz CT molecular complexity index is 318. The Morgan fingerprint density at radius 2 is 1.80 bits per heavy atom. The van der Waals surface area contributed by atoms with Crippen molar-refractivity contribution < 1.29 is 0 Å². The van der Waals surface area contributed by atoms with Crippen molar-refractivity contribution in [1.29, 1.82) is 0 Å². The second kappa shape index (κ2) is 5.52. The van der Waals surface area contributed by atoms with Crippen LogP contribution in [0, 0.1) is 0 Å². The normalized spacial score (nSPS) is 11.1. The van der Waals surface area contributed by atoms with Gasteiger partial charge < -0.3 is 5.32 Å². The van der Waals surface area contributed by atoms with Gasteiger partial charge in [0.1, 0.15) is 4.32 Å². The average molecular weight is 239 g/mol. The fourth-order valence-electron chi connectivity index (χ4n) is 1.87. The van der Waals surface area contributed by atoms with E-state index < -0.39 is 0 Å². The van der Waals surface area contributed by atoms with Crippen molar-refractivity contribution in [2.45, 2.75) is 32.2 Å². The van der Waals surface area contributed by atoms with E-state index in [0.29, 0.717) is 4.32 Å². The van der Waals surface area contributed by atoms with Gasteiger partial charge in [-0.3, -0.25) is 0 Å². The monoisotopic (exact) mass is 239 g/mol. The van der Waals surface area contributed by atoms with Crippen LogP contribution in [0.5, 0.6) is 0 Å². The summed E-state index contributed by atoms with van der Waals surface area (Å²) < 4.78 is 0.558. The van der Waals surface area contributed by atoms with Gasteiger partial charge in [-0.2, -0.15) is 0 Å². The first-order valence-electron chi connectivity index (χ1n) is 5.21. The third kappa shape index (κ3) is 2.95. The summed E-state index contributed by atoms with van der Waals surface area (Å²) in [5.41, 5.74) is 1.20. The van der Waals surface area contributed by atoms with Crippen molar-refractivity contribution in [3.8, 4) is 0 Å². The molecule has 0 atom stereocenters. The molecule has 0 unspecified atom stereocenters. The maximum absolute atomic E-state index is 5.03. The Labute approximate surface area is 103 Å². The Hall–Kier alpha value is -0.540. The highest BCUT2D eigenvalue weighted by Crippen LogP contribution is 2.28. The van der Waals surface area contributed by atoms with Crippen molar-refractivity contribution in [1.82, 2.24) is 5.32 Å². The van der Waals surface area contributed by atoms with Gasteiger partial charge in [-0.15, -0.1) is 12.6 Å². The molecular weight excluding hydrogens is 222 g/mol. The number of thiol groups is 1. The minimum atomic E-state index is -0.0694. The van der Waals surface area contributed by atoms with Crippen molar-refractivity contribution in [2.24, 2.45) is 0 Å². The highest BCUT2D eigenvalue weighted by molar-refractivity contribution is 8.11. The first-order chi connectivity index (χ1) is 7.14.